The average molecular weight is 998 g/mol. The van der Waals surface area contributed by atoms with Gasteiger partial charge in [-0.05, 0) is 149 Å². The molecule has 1 fully saturated rings. The van der Waals surface area contributed by atoms with Crippen molar-refractivity contribution in [2.24, 2.45) is 0 Å². The minimum absolute atomic E-state index is 0.0864. The largest absolute Gasteiger partial charge is 0.480 e. The molecule has 2 amide bonds. The molecular formula is C61H63N3O6S2. The summed E-state index contributed by atoms with van der Waals surface area (Å²) in [5.74, 6) is -3.66. The molecule has 6 aromatic rings. The Balaban J connectivity index is 1.16. The van der Waals surface area contributed by atoms with E-state index in [0.29, 0.717) is 9.78 Å². The standard InChI is InChI=1S/C61H63N3O6S2/c1-6-10-32-60(33-11-7-2)51-20-16-14-18-46(51)48-29-26-43(36-53(48)60)64(44-27-30-49-47-19-15-17-21-52(47)61(34-12-8-3,35-13-9-4)54(49)37-44)42-24-22-41(23-25-42)55-31-28-45(72-55)38-50-57(67)62(39-56(65)66)59(71)63(58(50)68)40(5)70-69/h14-31,36-38,69H,5-13,32-35,39H2,1-4H3,(H,65,66)/b50-38+. The number of thiocarbonyl (C=S) groups is 1. The Hall–Kier alpha value is -6.66. The quantitative estimate of drug-likeness (QED) is 0.0183. The van der Waals surface area contributed by atoms with E-state index in [1.54, 1.807) is 0 Å². The summed E-state index contributed by atoms with van der Waals surface area (Å²) in [4.78, 5) is 48.5. The molecule has 0 bridgehead atoms. The van der Waals surface area contributed by atoms with Crippen LogP contribution in [0.25, 0.3) is 38.8 Å². The number of rotatable bonds is 21. The highest BCUT2D eigenvalue weighted by molar-refractivity contribution is 7.80. The fraction of sp³-hybridized carbons (Fsp3) is 0.311. The van der Waals surface area contributed by atoms with E-state index in [0.717, 1.165) is 109 Å². The van der Waals surface area contributed by atoms with Gasteiger partial charge in [0.25, 0.3) is 11.8 Å². The number of thiophene rings is 1. The second-order valence-corrected chi connectivity index (χ2v) is 20.9. The zero-order chi connectivity index (χ0) is 50.7. The van der Waals surface area contributed by atoms with Crippen LogP contribution in [0.4, 0.5) is 17.1 Å². The Labute approximate surface area is 433 Å². The summed E-state index contributed by atoms with van der Waals surface area (Å²) < 4.78 is 0. The Morgan fingerprint density at radius 1 is 0.653 bits per heavy atom. The van der Waals surface area contributed by atoms with E-state index in [-0.39, 0.29) is 16.4 Å². The van der Waals surface area contributed by atoms with Gasteiger partial charge in [0.1, 0.15) is 12.1 Å². The van der Waals surface area contributed by atoms with Crippen LogP contribution < -0.4 is 4.90 Å². The van der Waals surface area contributed by atoms with Crippen molar-refractivity contribution < 1.29 is 29.6 Å². The van der Waals surface area contributed by atoms with Crippen molar-refractivity contribution in [3.63, 3.8) is 0 Å². The summed E-state index contributed by atoms with van der Waals surface area (Å²) >= 11 is 6.64. The van der Waals surface area contributed by atoms with Crippen molar-refractivity contribution in [2.75, 3.05) is 11.4 Å². The van der Waals surface area contributed by atoms with Gasteiger partial charge in [0, 0.05) is 37.6 Å². The molecule has 1 aliphatic heterocycles. The summed E-state index contributed by atoms with van der Waals surface area (Å²) in [6.45, 7) is 11.9. The summed E-state index contributed by atoms with van der Waals surface area (Å²) in [5.41, 5.74) is 14.8. The van der Waals surface area contributed by atoms with Crippen molar-refractivity contribution in [3.05, 3.63) is 166 Å². The van der Waals surface area contributed by atoms with Gasteiger partial charge < -0.3 is 14.9 Å². The number of nitrogens with zero attached hydrogens (tertiary/aromatic N) is 3. The van der Waals surface area contributed by atoms with Crippen molar-refractivity contribution in [1.82, 2.24) is 9.80 Å². The van der Waals surface area contributed by atoms with E-state index in [1.807, 2.05) is 12.1 Å². The van der Waals surface area contributed by atoms with Crippen LogP contribution in [0.3, 0.4) is 0 Å². The van der Waals surface area contributed by atoms with Crippen molar-refractivity contribution in [3.8, 4) is 32.7 Å². The molecule has 3 aliphatic rings. The molecule has 5 aromatic carbocycles. The van der Waals surface area contributed by atoms with Crippen molar-refractivity contribution in [1.29, 1.82) is 0 Å². The van der Waals surface area contributed by atoms with Crippen LogP contribution in [-0.4, -0.2) is 49.6 Å². The zero-order valence-corrected chi connectivity index (χ0v) is 43.3. The first kappa shape index (κ1) is 50.3. The number of carbonyl (C=O) groups is 3. The third kappa shape index (κ3) is 8.90. The highest BCUT2D eigenvalue weighted by Gasteiger charge is 2.45. The van der Waals surface area contributed by atoms with Crippen LogP contribution in [0.1, 0.15) is 132 Å². The van der Waals surface area contributed by atoms with Gasteiger partial charge in [-0.3, -0.25) is 19.3 Å². The number of aliphatic carboxylic acids is 1. The molecule has 0 radical (unpaired) electrons. The van der Waals surface area contributed by atoms with Crippen LogP contribution in [0, 0.1) is 0 Å². The third-order valence-corrected chi connectivity index (χ3v) is 16.6. The molecule has 370 valence electrons. The summed E-state index contributed by atoms with van der Waals surface area (Å²) in [5, 5.41) is 18.4. The lowest BCUT2D eigenvalue weighted by molar-refractivity contribution is -0.218. The topological polar surface area (TPSA) is 111 Å². The predicted octanol–water partition coefficient (Wildman–Crippen LogP) is 15.6. The maximum atomic E-state index is 13.6. The normalized spacial score (nSPS) is 15.6. The van der Waals surface area contributed by atoms with Crippen LogP contribution in [-0.2, 0) is 30.1 Å². The minimum atomic E-state index is -1.34. The van der Waals surface area contributed by atoms with Crippen LogP contribution in [0.2, 0.25) is 0 Å². The Morgan fingerprint density at radius 3 is 1.60 bits per heavy atom. The number of carboxylic acid groups (broad SMARTS) is 1. The van der Waals surface area contributed by atoms with Crippen LogP contribution in [0.5, 0.6) is 0 Å². The third-order valence-electron chi connectivity index (χ3n) is 15.2. The maximum absolute atomic E-state index is 13.6. The second-order valence-electron chi connectivity index (χ2n) is 19.5. The first-order valence-corrected chi connectivity index (χ1v) is 26.8. The zero-order valence-electron chi connectivity index (χ0n) is 41.7. The average Bonchev–Trinajstić information content (AvgIpc) is 4.06. The molecule has 2 aliphatic carbocycles. The van der Waals surface area contributed by atoms with Gasteiger partial charge in [0.2, 0.25) is 5.88 Å². The van der Waals surface area contributed by atoms with Gasteiger partial charge in [-0.1, -0.05) is 152 Å². The van der Waals surface area contributed by atoms with Gasteiger partial charge in [0.15, 0.2) is 5.11 Å². The van der Waals surface area contributed by atoms with E-state index in [4.69, 9.17) is 12.2 Å². The molecule has 2 heterocycles. The number of carbonyl (C=O) groups excluding carboxylic acids is 2. The molecule has 0 atom stereocenters. The molecule has 9 rings (SSSR count). The fourth-order valence-electron chi connectivity index (χ4n) is 11.7. The summed E-state index contributed by atoms with van der Waals surface area (Å²) in [7, 11) is 0. The van der Waals surface area contributed by atoms with Gasteiger partial charge in [0.05, 0.1) is 0 Å². The van der Waals surface area contributed by atoms with Gasteiger partial charge in [-0.15, -0.1) is 11.3 Å². The molecule has 9 nitrogen and oxygen atoms in total. The molecule has 11 heteroatoms. The molecule has 0 saturated carbocycles. The lowest BCUT2D eigenvalue weighted by Gasteiger charge is -2.35. The molecule has 0 unspecified atom stereocenters. The Kier molecular flexibility index (Phi) is 14.8. The number of amides is 2. The van der Waals surface area contributed by atoms with Crippen molar-refractivity contribution in [2.45, 2.75) is 116 Å². The molecule has 72 heavy (non-hydrogen) atoms. The molecule has 2 N–H and O–H groups in total. The first-order chi connectivity index (χ1) is 34.9. The lowest BCUT2D eigenvalue weighted by Crippen LogP contribution is -2.56. The summed E-state index contributed by atoms with van der Waals surface area (Å²) in [6.07, 6.45) is 14.9. The Morgan fingerprint density at radius 2 is 1.12 bits per heavy atom. The van der Waals surface area contributed by atoms with Crippen LogP contribution in [0.15, 0.2) is 139 Å². The fourth-order valence-corrected chi connectivity index (χ4v) is 13.0. The lowest BCUT2D eigenvalue weighted by atomic mass is 9.70. The number of fused-ring (bicyclic) bond motifs is 6. The van der Waals surface area contributed by atoms with E-state index < -0.39 is 35.3 Å². The highest BCUT2D eigenvalue weighted by atomic mass is 32.1. The first-order valence-electron chi connectivity index (χ1n) is 25.6. The minimum Gasteiger partial charge on any atom is -0.480 e. The Bertz CT molecular complexity index is 2960. The van der Waals surface area contributed by atoms with E-state index >= 15 is 0 Å². The molecule has 1 aromatic heterocycles. The predicted molar refractivity (Wildman–Crippen MR) is 295 cm³/mol. The van der Waals surface area contributed by atoms with Crippen LogP contribution >= 0.6 is 23.6 Å². The SMILES string of the molecule is C=C(OO)N1C(=O)/C(=C/c2ccc(-c3ccc(N(c4ccc5c(c4)C(CCCC)(CCCC)c4ccccc4-5)c4ccc5c(c4)C(CCCC)(CCCC)c4ccccc4-5)cc3)s2)C(=O)N(CC(=O)O)C1=S. The van der Waals surface area contributed by atoms with Gasteiger partial charge >= 0.3 is 5.97 Å². The highest BCUT2D eigenvalue weighted by Crippen LogP contribution is 2.58. The molecule has 0 spiro atoms. The number of hydrogen-bond donors (Lipinski definition) is 2. The molecule has 1 saturated heterocycles. The maximum Gasteiger partial charge on any atom is 0.323 e. The number of unbranched alkanes of at least 4 members (excludes halogenated alkanes) is 4. The van der Waals surface area contributed by atoms with Crippen molar-refractivity contribution >= 4 is 69.6 Å². The molecular weight excluding hydrogens is 935 g/mol. The number of benzene rings is 5. The number of anilines is 3. The van der Waals surface area contributed by atoms with E-state index in [9.17, 15) is 24.7 Å². The van der Waals surface area contributed by atoms with Gasteiger partial charge in [-0.25, -0.2) is 10.2 Å². The number of carboxylic acids is 1. The van der Waals surface area contributed by atoms with E-state index in [1.165, 1.54) is 61.9 Å². The second kappa shape index (κ2) is 21.2. The summed E-state index contributed by atoms with van der Waals surface area (Å²) in [6, 6.07) is 44.8. The van der Waals surface area contributed by atoms with E-state index in [2.05, 4.69) is 153 Å². The van der Waals surface area contributed by atoms with Gasteiger partial charge in [-0.2, -0.15) is 0 Å². The number of hydrogen-bond acceptors (Lipinski definition) is 8. The monoisotopic (exact) mass is 997 g/mol. The smallest absolute Gasteiger partial charge is 0.323 e.